The summed E-state index contributed by atoms with van der Waals surface area (Å²) in [7, 11) is 0. The molecule has 1 amide bonds. The molecule has 2 unspecified atom stereocenters. The molecular weight excluding hydrogens is 216 g/mol. The van der Waals surface area contributed by atoms with Gasteiger partial charge >= 0.3 is 0 Å². The minimum absolute atomic E-state index is 0.0693. The van der Waals surface area contributed by atoms with E-state index in [-0.39, 0.29) is 17.8 Å². The van der Waals surface area contributed by atoms with Crippen molar-refractivity contribution in [2.24, 2.45) is 15.2 Å². The Hall–Kier alpha value is -1.50. The quantitative estimate of drug-likeness (QED) is 0.700. The molecule has 2 aliphatic heterocycles. The van der Waals surface area contributed by atoms with Crippen LogP contribution in [-0.4, -0.2) is 35.5 Å². The van der Waals surface area contributed by atoms with Gasteiger partial charge in [-0.3, -0.25) is 9.79 Å². The van der Waals surface area contributed by atoms with Crippen LogP contribution >= 0.6 is 11.8 Å². The first-order chi connectivity index (χ1) is 7.29. The fourth-order valence-electron chi connectivity index (χ4n) is 1.27. The second-order valence-corrected chi connectivity index (χ2v) is 4.04. The molecule has 1 N–H and O–H groups in total. The van der Waals surface area contributed by atoms with E-state index in [9.17, 15) is 9.70 Å². The van der Waals surface area contributed by atoms with E-state index in [0.29, 0.717) is 5.82 Å². The van der Waals surface area contributed by atoms with E-state index in [4.69, 9.17) is 0 Å². The second kappa shape index (κ2) is 4.35. The van der Waals surface area contributed by atoms with E-state index in [1.807, 2.05) is 6.08 Å². The number of nitroso groups, excluding NO2 is 1. The summed E-state index contributed by atoms with van der Waals surface area (Å²) < 4.78 is 0. The van der Waals surface area contributed by atoms with Crippen LogP contribution in [0.5, 0.6) is 0 Å². The molecule has 15 heavy (non-hydrogen) atoms. The summed E-state index contributed by atoms with van der Waals surface area (Å²) in [6.45, 7) is -0.384. The highest BCUT2D eigenvalue weighted by molar-refractivity contribution is 8.13. The summed E-state index contributed by atoms with van der Waals surface area (Å²) in [5, 5.41) is 5.19. The Bertz CT molecular complexity index is 377. The molecule has 0 aromatic carbocycles. The largest absolute Gasteiger partial charge is 0.309 e. The van der Waals surface area contributed by atoms with Crippen molar-refractivity contribution >= 4 is 29.4 Å². The van der Waals surface area contributed by atoms with E-state index in [1.165, 1.54) is 0 Å². The second-order valence-electron chi connectivity index (χ2n) is 3.01. The third-order valence-corrected chi connectivity index (χ3v) is 2.92. The molecule has 2 heterocycles. The predicted octanol–water partition coefficient (Wildman–Crippen LogP) is 0.307. The maximum atomic E-state index is 11.0. The van der Waals surface area contributed by atoms with E-state index in [2.05, 4.69) is 20.5 Å². The van der Waals surface area contributed by atoms with Crippen LogP contribution in [0.15, 0.2) is 27.1 Å². The van der Waals surface area contributed by atoms with Gasteiger partial charge in [0.05, 0.1) is 10.8 Å². The van der Waals surface area contributed by atoms with Gasteiger partial charge < -0.3 is 5.32 Å². The van der Waals surface area contributed by atoms with Crippen molar-refractivity contribution in [1.29, 1.82) is 0 Å². The van der Waals surface area contributed by atoms with E-state index in [0.717, 1.165) is 0 Å². The Kier molecular flexibility index (Phi) is 2.91. The van der Waals surface area contributed by atoms with Crippen LogP contribution in [0.3, 0.4) is 0 Å². The van der Waals surface area contributed by atoms with Crippen LogP contribution in [0.1, 0.15) is 0 Å². The zero-order chi connectivity index (χ0) is 10.7. The molecule has 0 radical (unpaired) electrons. The van der Waals surface area contributed by atoms with E-state index in [1.54, 1.807) is 23.5 Å². The highest BCUT2D eigenvalue weighted by atomic mass is 32.2. The molecule has 0 aromatic rings. The lowest BCUT2D eigenvalue weighted by molar-refractivity contribution is -0.119. The van der Waals surface area contributed by atoms with Crippen molar-refractivity contribution in [3.63, 3.8) is 0 Å². The number of nitrogens with zero attached hydrogens (tertiary/aromatic N) is 3. The molecule has 0 fully saturated rings. The van der Waals surface area contributed by atoms with Gasteiger partial charge in [0.1, 0.15) is 11.9 Å². The maximum Gasteiger partial charge on any atom is 0.250 e. The van der Waals surface area contributed by atoms with Crippen LogP contribution < -0.4 is 5.32 Å². The minimum atomic E-state index is -0.448. The number of rotatable bonds is 3. The number of carbonyl (C=O) groups excluding carboxylic acids is 1. The molecule has 7 heteroatoms. The highest BCUT2D eigenvalue weighted by Gasteiger charge is 2.25. The van der Waals surface area contributed by atoms with Gasteiger partial charge in [-0.2, -0.15) is 4.91 Å². The molecule has 0 bridgehead atoms. The van der Waals surface area contributed by atoms with Crippen LogP contribution in [-0.2, 0) is 4.79 Å². The number of hydrogen-bond donors (Lipinski definition) is 1. The number of carbonyl (C=O) groups is 1. The van der Waals surface area contributed by atoms with Gasteiger partial charge in [-0.1, -0.05) is 5.18 Å². The van der Waals surface area contributed by atoms with Crippen LogP contribution in [0.4, 0.5) is 0 Å². The van der Waals surface area contributed by atoms with Gasteiger partial charge in [-0.25, -0.2) is 4.99 Å². The van der Waals surface area contributed by atoms with Gasteiger partial charge in [0.2, 0.25) is 0 Å². The minimum Gasteiger partial charge on any atom is -0.309 e. The zero-order valence-electron chi connectivity index (χ0n) is 7.66. The molecule has 2 atom stereocenters. The Balaban J connectivity index is 1.97. The normalized spacial score (nSPS) is 27.1. The molecule has 6 nitrogen and oxygen atoms in total. The first-order valence-electron chi connectivity index (χ1n) is 4.31. The fraction of sp³-hybridized carbons (Fsp3) is 0.375. The van der Waals surface area contributed by atoms with Crippen molar-refractivity contribution in [2.75, 3.05) is 6.54 Å². The van der Waals surface area contributed by atoms with Gasteiger partial charge in [0.25, 0.3) is 5.91 Å². The van der Waals surface area contributed by atoms with Crippen LogP contribution in [0.2, 0.25) is 0 Å². The lowest BCUT2D eigenvalue weighted by Gasteiger charge is -2.15. The standard InChI is InChI=1S/C8H8N4O2S/c13-8(3-11-14)12-7-1-6-5(2-9-7)10-4-15-6/h1-2,4-6H,3H2,(H,12,13). The monoisotopic (exact) mass is 224 g/mol. The molecule has 2 rings (SSSR count). The number of nitrogens with one attached hydrogen (secondary N) is 1. The molecule has 2 aliphatic rings. The Labute approximate surface area is 89.9 Å². The number of thioether (sulfide) groups is 1. The lowest BCUT2D eigenvalue weighted by atomic mass is 10.2. The number of fused-ring (bicyclic) bond motifs is 1. The third kappa shape index (κ3) is 2.30. The van der Waals surface area contributed by atoms with Crippen molar-refractivity contribution < 1.29 is 4.79 Å². The van der Waals surface area contributed by atoms with Gasteiger partial charge in [-0.15, -0.1) is 11.8 Å². The molecule has 78 valence electrons. The van der Waals surface area contributed by atoms with Crippen molar-refractivity contribution in [1.82, 2.24) is 5.32 Å². The molecular formula is C8H8N4O2S. The van der Waals surface area contributed by atoms with Gasteiger partial charge in [-0.05, 0) is 6.08 Å². The van der Waals surface area contributed by atoms with Crippen molar-refractivity contribution in [2.45, 2.75) is 11.3 Å². The lowest BCUT2D eigenvalue weighted by Crippen LogP contribution is -2.29. The average Bonchev–Trinajstić information content (AvgIpc) is 2.65. The Morgan fingerprint density at radius 3 is 3.33 bits per heavy atom. The first-order valence-corrected chi connectivity index (χ1v) is 5.26. The van der Waals surface area contributed by atoms with Crippen LogP contribution in [0, 0.1) is 4.91 Å². The van der Waals surface area contributed by atoms with Crippen molar-refractivity contribution in [3.05, 3.63) is 16.8 Å². The molecule has 0 saturated heterocycles. The Morgan fingerprint density at radius 1 is 1.67 bits per heavy atom. The van der Waals surface area contributed by atoms with E-state index >= 15 is 0 Å². The molecule has 0 aliphatic carbocycles. The number of aliphatic imine (C=N–C) groups is 2. The predicted molar refractivity (Wildman–Crippen MR) is 59.0 cm³/mol. The number of amides is 1. The van der Waals surface area contributed by atoms with Crippen molar-refractivity contribution in [3.8, 4) is 0 Å². The van der Waals surface area contributed by atoms with Gasteiger partial charge in [0.15, 0.2) is 6.54 Å². The molecule has 0 spiro atoms. The summed E-state index contributed by atoms with van der Waals surface area (Å²) in [5.74, 6) is 0.0127. The smallest absolute Gasteiger partial charge is 0.250 e. The SMILES string of the molecule is O=NCC(=O)NC1=CC2SC=NC2C=N1. The molecule has 0 aromatic heterocycles. The fourth-order valence-corrected chi connectivity index (χ4v) is 2.13. The topological polar surface area (TPSA) is 83.2 Å². The average molecular weight is 224 g/mol. The van der Waals surface area contributed by atoms with Crippen LogP contribution in [0.25, 0.3) is 0 Å². The number of hydrogen-bond acceptors (Lipinski definition) is 6. The molecule has 0 saturated carbocycles. The van der Waals surface area contributed by atoms with E-state index < -0.39 is 5.91 Å². The summed E-state index contributed by atoms with van der Waals surface area (Å²) >= 11 is 1.57. The summed E-state index contributed by atoms with van der Waals surface area (Å²) in [6, 6.07) is 0.0693. The zero-order valence-corrected chi connectivity index (χ0v) is 8.48. The first kappa shape index (κ1) is 10.0. The van der Waals surface area contributed by atoms with Gasteiger partial charge in [0, 0.05) is 6.21 Å². The highest BCUT2D eigenvalue weighted by Crippen LogP contribution is 2.25. The Morgan fingerprint density at radius 2 is 2.53 bits per heavy atom. The summed E-state index contributed by atoms with van der Waals surface area (Å²) in [4.78, 5) is 29.1. The summed E-state index contributed by atoms with van der Waals surface area (Å²) in [6.07, 6.45) is 3.51. The summed E-state index contributed by atoms with van der Waals surface area (Å²) in [5.41, 5.74) is 1.77. The third-order valence-electron chi connectivity index (χ3n) is 1.95. The maximum absolute atomic E-state index is 11.0.